The van der Waals surface area contributed by atoms with E-state index in [0.29, 0.717) is 6.04 Å². The van der Waals surface area contributed by atoms with Gasteiger partial charge in [0.05, 0.1) is 0 Å². The molecule has 0 aromatic carbocycles. The first-order valence-corrected chi connectivity index (χ1v) is 7.48. The number of hydrogen-bond donors (Lipinski definition) is 0. The van der Waals surface area contributed by atoms with Gasteiger partial charge in [-0.1, -0.05) is 6.92 Å². The summed E-state index contributed by atoms with van der Waals surface area (Å²) in [5.41, 5.74) is 1.25. The average Bonchev–Trinajstić information content (AvgIpc) is 2.41. The van der Waals surface area contributed by atoms with Crippen LogP contribution in [0.15, 0.2) is 16.7 Å². The number of likely N-dealkylation sites (tertiary alicyclic amines) is 1. The van der Waals surface area contributed by atoms with Crippen LogP contribution in [-0.4, -0.2) is 42.6 Å². The second kappa shape index (κ2) is 6.02. The summed E-state index contributed by atoms with van der Waals surface area (Å²) in [7, 11) is 2.17. The Morgan fingerprint density at radius 2 is 2.11 bits per heavy atom. The van der Waals surface area contributed by atoms with E-state index in [1.165, 1.54) is 38.0 Å². The first kappa shape index (κ1) is 13.8. The monoisotopic (exact) mass is 311 g/mol. The topological polar surface area (TPSA) is 19.4 Å². The van der Waals surface area contributed by atoms with Gasteiger partial charge in [0.1, 0.15) is 5.82 Å². The van der Waals surface area contributed by atoms with Crippen LogP contribution in [0.2, 0.25) is 0 Å². The number of hydrogen-bond acceptors (Lipinski definition) is 3. The Labute approximate surface area is 118 Å². The molecular formula is C14H22BrN3. The second-order valence-corrected chi connectivity index (χ2v) is 5.92. The van der Waals surface area contributed by atoms with E-state index in [-0.39, 0.29) is 0 Å². The molecule has 100 valence electrons. The van der Waals surface area contributed by atoms with Crippen molar-refractivity contribution in [2.75, 3.05) is 31.6 Å². The highest BCUT2D eigenvalue weighted by molar-refractivity contribution is 9.10. The summed E-state index contributed by atoms with van der Waals surface area (Å²) in [5, 5.41) is 0. The molecule has 0 saturated carbocycles. The van der Waals surface area contributed by atoms with Crippen LogP contribution in [0.25, 0.3) is 0 Å². The van der Waals surface area contributed by atoms with Crippen LogP contribution in [0.5, 0.6) is 0 Å². The summed E-state index contributed by atoms with van der Waals surface area (Å²) in [5.74, 6) is 1.09. The zero-order chi connectivity index (χ0) is 13.1. The predicted octanol–water partition coefficient (Wildman–Crippen LogP) is 3.07. The summed E-state index contributed by atoms with van der Waals surface area (Å²) < 4.78 is 1.08. The van der Waals surface area contributed by atoms with Gasteiger partial charge in [0.15, 0.2) is 0 Å². The van der Waals surface area contributed by atoms with Crippen LogP contribution in [0.4, 0.5) is 5.82 Å². The predicted molar refractivity (Wildman–Crippen MR) is 80.2 cm³/mol. The zero-order valence-electron chi connectivity index (χ0n) is 11.5. The Morgan fingerprint density at radius 1 is 1.44 bits per heavy atom. The number of halogens is 1. The number of piperidine rings is 1. The molecule has 2 rings (SSSR count). The lowest BCUT2D eigenvalue weighted by molar-refractivity contribution is 0.220. The Bertz CT molecular complexity index is 400. The fourth-order valence-electron chi connectivity index (χ4n) is 2.53. The Hall–Kier alpha value is -0.610. The Balaban J connectivity index is 2.03. The second-order valence-electron chi connectivity index (χ2n) is 5.07. The van der Waals surface area contributed by atoms with E-state index in [4.69, 9.17) is 0 Å². The van der Waals surface area contributed by atoms with Gasteiger partial charge in [0, 0.05) is 36.8 Å². The molecule has 1 fully saturated rings. The molecule has 1 aliphatic heterocycles. The Morgan fingerprint density at radius 3 is 2.67 bits per heavy atom. The maximum Gasteiger partial charge on any atom is 0.128 e. The van der Waals surface area contributed by atoms with Gasteiger partial charge in [-0.3, -0.25) is 0 Å². The maximum atomic E-state index is 4.52. The molecule has 0 aliphatic carbocycles. The molecule has 0 spiro atoms. The van der Waals surface area contributed by atoms with Crippen molar-refractivity contribution < 1.29 is 0 Å². The van der Waals surface area contributed by atoms with Crippen LogP contribution in [-0.2, 0) is 0 Å². The largest absolute Gasteiger partial charge is 0.357 e. The lowest BCUT2D eigenvalue weighted by atomic mass is 10.0. The normalized spacial score (nSPS) is 18.0. The van der Waals surface area contributed by atoms with Crippen molar-refractivity contribution >= 4 is 21.7 Å². The maximum absolute atomic E-state index is 4.52. The quantitative estimate of drug-likeness (QED) is 0.855. The molecule has 1 saturated heterocycles. The lowest BCUT2D eigenvalue weighted by Gasteiger charge is -2.37. The van der Waals surface area contributed by atoms with Crippen molar-refractivity contribution in [2.24, 2.45) is 0 Å². The summed E-state index contributed by atoms with van der Waals surface area (Å²) in [6.45, 7) is 7.95. The summed E-state index contributed by atoms with van der Waals surface area (Å²) >= 11 is 3.50. The third kappa shape index (κ3) is 3.04. The van der Waals surface area contributed by atoms with Crippen molar-refractivity contribution in [3.05, 3.63) is 22.3 Å². The molecule has 0 N–H and O–H groups in total. The van der Waals surface area contributed by atoms with Gasteiger partial charge in [-0.05, 0) is 53.9 Å². The van der Waals surface area contributed by atoms with E-state index < -0.39 is 0 Å². The van der Waals surface area contributed by atoms with Crippen LogP contribution in [0.3, 0.4) is 0 Å². The van der Waals surface area contributed by atoms with Gasteiger partial charge < -0.3 is 9.80 Å². The van der Waals surface area contributed by atoms with Crippen molar-refractivity contribution in [2.45, 2.75) is 32.7 Å². The first-order chi connectivity index (χ1) is 8.61. The number of aromatic nitrogens is 1. The number of anilines is 1. The molecule has 1 aromatic heterocycles. The highest BCUT2D eigenvalue weighted by Crippen LogP contribution is 2.23. The molecule has 3 nitrogen and oxygen atoms in total. The molecular weight excluding hydrogens is 290 g/mol. The summed E-state index contributed by atoms with van der Waals surface area (Å²) in [4.78, 5) is 9.38. The molecule has 0 unspecified atom stereocenters. The summed E-state index contributed by atoms with van der Waals surface area (Å²) in [6.07, 6.45) is 4.38. The Kier molecular flexibility index (Phi) is 4.62. The minimum atomic E-state index is 0.626. The molecule has 0 radical (unpaired) electrons. The minimum Gasteiger partial charge on any atom is -0.357 e. The fourth-order valence-corrected chi connectivity index (χ4v) is 2.74. The molecule has 1 aliphatic rings. The highest BCUT2D eigenvalue weighted by atomic mass is 79.9. The van der Waals surface area contributed by atoms with E-state index in [9.17, 15) is 0 Å². The van der Waals surface area contributed by atoms with E-state index in [2.05, 4.69) is 57.7 Å². The summed E-state index contributed by atoms with van der Waals surface area (Å²) in [6, 6.07) is 2.79. The van der Waals surface area contributed by atoms with Crippen LogP contribution < -0.4 is 4.90 Å². The van der Waals surface area contributed by atoms with Crippen molar-refractivity contribution in [1.29, 1.82) is 0 Å². The van der Waals surface area contributed by atoms with E-state index in [0.717, 1.165) is 10.3 Å². The van der Waals surface area contributed by atoms with Gasteiger partial charge in [0.25, 0.3) is 0 Å². The van der Waals surface area contributed by atoms with Gasteiger partial charge in [-0.2, -0.15) is 0 Å². The number of pyridine rings is 1. The highest BCUT2D eigenvalue weighted by Gasteiger charge is 2.22. The van der Waals surface area contributed by atoms with Gasteiger partial charge in [0.2, 0.25) is 0 Å². The SMILES string of the molecule is CCN1CCC(N(C)c2cc(C)c(Br)cn2)CC1. The molecule has 2 heterocycles. The van der Waals surface area contributed by atoms with E-state index in [1.807, 2.05) is 6.20 Å². The van der Waals surface area contributed by atoms with E-state index in [1.54, 1.807) is 0 Å². The zero-order valence-corrected chi connectivity index (χ0v) is 13.1. The standard InChI is InChI=1S/C14H22BrN3/c1-4-18-7-5-12(6-8-18)17(3)14-9-11(2)13(15)10-16-14/h9-10,12H,4-8H2,1-3H3. The van der Waals surface area contributed by atoms with Gasteiger partial charge in [-0.25, -0.2) is 4.98 Å². The van der Waals surface area contributed by atoms with Crippen molar-refractivity contribution in [1.82, 2.24) is 9.88 Å². The smallest absolute Gasteiger partial charge is 0.128 e. The lowest BCUT2D eigenvalue weighted by Crippen LogP contribution is -2.43. The molecule has 0 bridgehead atoms. The molecule has 0 amide bonds. The number of aryl methyl sites for hydroxylation is 1. The number of nitrogens with zero attached hydrogens (tertiary/aromatic N) is 3. The third-order valence-electron chi connectivity index (χ3n) is 3.95. The minimum absolute atomic E-state index is 0.626. The average molecular weight is 312 g/mol. The van der Waals surface area contributed by atoms with Crippen LogP contribution in [0.1, 0.15) is 25.3 Å². The molecule has 0 atom stereocenters. The third-order valence-corrected chi connectivity index (χ3v) is 4.78. The van der Waals surface area contributed by atoms with Crippen molar-refractivity contribution in [3.8, 4) is 0 Å². The number of rotatable bonds is 3. The van der Waals surface area contributed by atoms with Crippen molar-refractivity contribution in [3.63, 3.8) is 0 Å². The molecule has 4 heteroatoms. The fraction of sp³-hybridized carbons (Fsp3) is 0.643. The van der Waals surface area contributed by atoms with E-state index >= 15 is 0 Å². The van der Waals surface area contributed by atoms with Crippen LogP contribution >= 0.6 is 15.9 Å². The molecule has 1 aromatic rings. The first-order valence-electron chi connectivity index (χ1n) is 6.69. The molecule has 18 heavy (non-hydrogen) atoms. The van der Waals surface area contributed by atoms with Gasteiger partial charge in [-0.15, -0.1) is 0 Å². The van der Waals surface area contributed by atoms with Gasteiger partial charge >= 0.3 is 0 Å². The van der Waals surface area contributed by atoms with Crippen LogP contribution in [0, 0.1) is 6.92 Å².